The quantitative estimate of drug-likeness (QED) is 0.225. The minimum Gasteiger partial charge on any atom is -0.463 e. The summed E-state index contributed by atoms with van der Waals surface area (Å²) < 4.78 is 9.86. The maximum absolute atomic E-state index is 14.0. The first kappa shape index (κ1) is 27.9. The van der Waals surface area contributed by atoms with Crippen LogP contribution in [0.5, 0.6) is 0 Å². The first-order valence-electron chi connectivity index (χ1n) is 13.2. The lowest BCUT2D eigenvalue weighted by molar-refractivity contribution is -0.139. The number of carbonyl (C=O) groups is 1. The molecule has 8 heteroatoms. The Hall–Kier alpha value is -3.62. The van der Waals surface area contributed by atoms with Crippen molar-refractivity contribution in [2.75, 3.05) is 12.9 Å². The molecule has 5 rings (SSSR count). The molecule has 0 fully saturated rings. The molecule has 40 heavy (non-hydrogen) atoms. The van der Waals surface area contributed by atoms with Crippen LogP contribution in [0.25, 0.3) is 11.8 Å². The highest BCUT2D eigenvalue weighted by Gasteiger charge is 2.33. The number of esters is 1. The van der Waals surface area contributed by atoms with Crippen molar-refractivity contribution < 1.29 is 9.53 Å². The molecule has 4 aromatic rings. The predicted octanol–water partition coefficient (Wildman–Crippen LogP) is 5.54. The molecule has 0 saturated heterocycles. The van der Waals surface area contributed by atoms with Gasteiger partial charge in [-0.05, 0) is 106 Å². The fourth-order valence-corrected chi connectivity index (χ4v) is 6.89. The van der Waals surface area contributed by atoms with E-state index in [1.807, 2.05) is 43.5 Å². The van der Waals surface area contributed by atoms with Crippen LogP contribution >= 0.6 is 23.1 Å². The first-order valence-corrected chi connectivity index (χ1v) is 15.3. The summed E-state index contributed by atoms with van der Waals surface area (Å²) in [4.78, 5) is 33.5. The Morgan fingerprint density at radius 3 is 2.35 bits per heavy atom. The number of rotatable bonds is 6. The summed E-state index contributed by atoms with van der Waals surface area (Å²) in [6.45, 7) is 12.2. The van der Waals surface area contributed by atoms with Crippen molar-refractivity contribution in [1.29, 1.82) is 0 Å². The number of nitrogens with zero attached hydrogens (tertiary/aromatic N) is 3. The summed E-state index contributed by atoms with van der Waals surface area (Å²) in [6.07, 6.45) is 3.96. The van der Waals surface area contributed by atoms with Crippen LogP contribution in [-0.4, -0.2) is 28.0 Å². The zero-order valence-corrected chi connectivity index (χ0v) is 25.5. The second kappa shape index (κ2) is 11.1. The lowest BCUT2D eigenvalue weighted by Gasteiger charge is -2.24. The van der Waals surface area contributed by atoms with Gasteiger partial charge in [-0.25, -0.2) is 9.79 Å². The van der Waals surface area contributed by atoms with E-state index in [2.05, 4.69) is 56.5 Å². The molecule has 2 aromatic carbocycles. The lowest BCUT2D eigenvalue weighted by atomic mass is 9.96. The van der Waals surface area contributed by atoms with Crippen LogP contribution in [0.15, 0.2) is 74.5 Å². The van der Waals surface area contributed by atoms with Crippen molar-refractivity contribution in [2.45, 2.75) is 52.5 Å². The molecule has 6 nitrogen and oxygen atoms in total. The summed E-state index contributed by atoms with van der Waals surface area (Å²) in [7, 11) is 0. The lowest BCUT2D eigenvalue weighted by Crippen LogP contribution is -2.39. The molecule has 2 aromatic heterocycles. The number of aryl methyl sites for hydroxylation is 3. The zero-order valence-electron chi connectivity index (χ0n) is 23.9. The first-order chi connectivity index (χ1) is 19.1. The third-order valence-corrected chi connectivity index (χ3v) is 8.90. The van der Waals surface area contributed by atoms with Crippen LogP contribution in [0.3, 0.4) is 0 Å². The number of benzene rings is 2. The van der Waals surface area contributed by atoms with Gasteiger partial charge in [-0.15, -0.1) is 11.8 Å². The minimum atomic E-state index is -0.615. The Balaban J connectivity index is 1.69. The SMILES string of the molecule is CCOC(=O)C1=C(C)N=c2s/c(=C/c3cc(C)n(-c4cc(C)cc(C)c4)c3C)c(=O)n2[C@@H]1c1ccc(SC)cc1. The van der Waals surface area contributed by atoms with E-state index in [0.29, 0.717) is 20.6 Å². The number of thiazole rings is 1. The average molecular weight is 572 g/mol. The van der Waals surface area contributed by atoms with Crippen molar-refractivity contribution in [1.82, 2.24) is 9.13 Å². The van der Waals surface area contributed by atoms with Gasteiger partial charge < -0.3 is 9.30 Å². The molecule has 1 aliphatic heterocycles. The molecule has 0 unspecified atom stereocenters. The highest BCUT2D eigenvalue weighted by Crippen LogP contribution is 2.32. The summed E-state index contributed by atoms with van der Waals surface area (Å²) >= 11 is 2.99. The van der Waals surface area contributed by atoms with Crippen molar-refractivity contribution in [3.05, 3.63) is 113 Å². The molecule has 206 valence electrons. The maximum Gasteiger partial charge on any atom is 0.338 e. The van der Waals surface area contributed by atoms with Crippen LogP contribution in [0, 0.1) is 27.7 Å². The highest BCUT2D eigenvalue weighted by molar-refractivity contribution is 7.98. The largest absolute Gasteiger partial charge is 0.463 e. The molecule has 1 atom stereocenters. The van der Waals surface area contributed by atoms with Gasteiger partial charge in [-0.3, -0.25) is 9.36 Å². The topological polar surface area (TPSA) is 65.6 Å². The van der Waals surface area contributed by atoms with E-state index in [1.54, 1.807) is 23.3 Å². The standard InChI is InChI=1S/C32H33N3O3S2/c1-8-38-31(37)28-21(5)33-32-35(29(28)23-9-11-26(39-7)12-10-23)30(36)27(40-32)17-24-16-20(4)34(22(24)6)25-14-18(2)13-19(3)15-25/h9-17,29H,8H2,1-7H3/b27-17+/t29-/m1/s1. The van der Waals surface area contributed by atoms with Gasteiger partial charge in [0, 0.05) is 22.0 Å². The Morgan fingerprint density at radius 2 is 1.73 bits per heavy atom. The predicted molar refractivity (Wildman–Crippen MR) is 163 cm³/mol. The highest BCUT2D eigenvalue weighted by atomic mass is 32.2. The van der Waals surface area contributed by atoms with Gasteiger partial charge in [0.1, 0.15) is 0 Å². The van der Waals surface area contributed by atoms with Gasteiger partial charge in [-0.2, -0.15) is 0 Å². The maximum atomic E-state index is 14.0. The monoisotopic (exact) mass is 571 g/mol. The van der Waals surface area contributed by atoms with Crippen LogP contribution in [0.4, 0.5) is 0 Å². The Kier molecular flexibility index (Phi) is 7.75. The number of hydrogen-bond acceptors (Lipinski definition) is 6. The van der Waals surface area contributed by atoms with Crippen LogP contribution in [0.2, 0.25) is 0 Å². The van der Waals surface area contributed by atoms with Gasteiger partial charge in [0.05, 0.1) is 28.5 Å². The molecule has 0 amide bonds. The summed E-state index contributed by atoms with van der Waals surface area (Å²) in [5.41, 5.74) is 8.27. The molecule has 1 aliphatic rings. The Morgan fingerprint density at radius 1 is 1.05 bits per heavy atom. The zero-order chi connectivity index (χ0) is 28.7. The van der Waals surface area contributed by atoms with Crippen LogP contribution in [0.1, 0.15) is 53.5 Å². The molecular weight excluding hydrogens is 539 g/mol. The normalized spacial score (nSPS) is 15.3. The smallest absolute Gasteiger partial charge is 0.338 e. The third kappa shape index (κ3) is 5.02. The summed E-state index contributed by atoms with van der Waals surface area (Å²) in [5.74, 6) is -0.450. The molecule has 3 heterocycles. The second-order valence-corrected chi connectivity index (χ2v) is 12.0. The number of fused-ring (bicyclic) bond motifs is 1. The Labute approximate surface area is 242 Å². The van der Waals surface area contributed by atoms with Crippen molar-refractivity contribution >= 4 is 35.1 Å². The Bertz CT molecular complexity index is 1820. The summed E-state index contributed by atoms with van der Waals surface area (Å²) in [6, 6.07) is 16.0. The van der Waals surface area contributed by atoms with Gasteiger partial charge in [0.25, 0.3) is 5.56 Å². The number of aromatic nitrogens is 2. The molecule has 0 saturated carbocycles. The van der Waals surface area contributed by atoms with E-state index in [0.717, 1.165) is 33.1 Å². The van der Waals surface area contributed by atoms with Gasteiger partial charge in [0.15, 0.2) is 4.80 Å². The summed E-state index contributed by atoms with van der Waals surface area (Å²) in [5, 5.41) is 0. The van der Waals surface area contributed by atoms with E-state index in [4.69, 9.17) is 9.73 Å². The van der Waals surface area contributed by atoms with E-state index in [-0.39, 0.29) is 12.2 Å². The van der Waals surface area contributed by atoms with Crippen LogP contribution < -0.4 is 14.9 Å². The fourth-order valence-electron chi connectivity index (χ4n) is 5.45. The molecular formula is C32H33N3O3S2. The van der Waals surface area contributed by atoms with Gasteiger partial charge in [0.2, 0.25) is 0 Å². The minimum absolute atomic E-state index is 0.173. The van der Waals surface area contributed by atoms with Crippen molar-refractivity contribution in [2.24, 2.45) is 4.99 Å². The van der Waals surface area contributed by atoms with E-state index < -0.39 is 12.0 Å². The number of ether oxygens (including phenoxy) is 1. The van der Waals surface area contributed by atoms with Crippen molar-refractivity contribution in [3.8, 4) is 5.69 Å². The van der Waals surface area contributed by atoms with E-state index in [9.17, 15) is 9.59 Å². The van der Waals surface area contributed by atoms with E-state index >= 15 is 0 Å². The number of hydrogen-bond donors (Lipinski definition) is 0. The molecule has 0 radical (unpaired) electrons. The van der Waals surface area contributed by atoms with Crippen LogP contribution in [-0.2, 0) is 9.53 Å². The molecule has 0 bridgehead atoms. The molecule has 0 aliphatic carbocycles. The third-order valence-electron chi connectivity index (χ3n) is 7.17. The van der Waals surface area contributed by atoms with Crippen molar-refractivity contribution in [3.63, 3.8) is 0 Å². The number of carbonyl (C=O) groups excluding carboxylic acids is 1. The average Bonchev–Trinajstić information content (AvgIpc) is 3.36. The number of thioether (sulfide) groups is 1. The molecule has 0 spiro atoms. The van der Waals surface area contributed by atoms with Gasteiger partial charge in [-0.1, -0.05) is 29.5 Å². The molecule has 0 N–H and O–H groups in total. The van der Waals surface area contributed by atoms with Gasteiger partial charge >= 0.3 is 5.97 Å². The fraction of sp³-hybridized carbons (Fsp3) is 0.281. The second-order valence-electron chi connectivity index (χ2n) is 10.1. The van der Waals surface area contributed by atoms with E-state index in [1.165, 1.54) is 22.5 Å². The number of allylic oxidation sites excluding steroid dienone is 1.